The highest BCUT2D eigenvalue weighted by Gasteiger charge is 2.15. The zero-order chi connectivity index (χ0) is 13.5. The van der Waals surface area contributed by atoms with E-state index in [1.807, 2.05) is 19.9 Å². The lowest BCUT2D eigenvalue weighted by atomic mass is 10.0. The Balaban J connectivity index is 2.76. The average Bonchev–Trinajstić information content (AvgIpc) is 2.37. The normalized spacial score (nSPS) is 10.4. The van der Waals surface area contributed by atoms with Crippen LogP contribution in [-0.2, 0) is 9.47 Å². The Kier molecular flexibility index (Phi) is 5.82. The summed E-state index contributed by atoms with van der Waals surface area (Å²) in [6.07, 6.45) is 0. The number of carbonyl (C=O) groups excluding carboxylic acids is 1. The van der Waals surface area contributed by atoms with Crippen molar-refractivity contribution in [3.05, 3.63) is 28.8 Å². The van der Waals surface area contributed by atoms with E-state index in [1.165, 1.54) is 0 Å². The lowest BCUT2D eigenvalue weighted by Gasteiger charge is -2.12. The molecule has 0 aliphatic heterocycles. The third-order valence-electron chi connectivity index (χ3n) is 2.85. The second-order valence-electron chi connectivity index (χ2n) is 4.06. The molecule has 0 aliphatic carbocycles. The molecule has 0 unspecified atom stereocenters. The number of aryl methyl sites for hydroxylation is 1. The molecule has 1 aromatic rings. The first-order chi connectivity index (χ1) is 8.61. The number of rotatable bonds is 7. The largest absolute Gasteiger partial charge is 0.496 e. The van der Waals surface area contributed by atoms with Crippen LogP contribution in [0.3, 0.4) is 0 Å². The predicted octanol–water partition coefficient (Wildman–Crippen LogP) is 2.16. The van der Waals surface area contributed by atoms with Gasteiger partial charge in [-0.05, 0) is 31.0 Å². The minimum absolute atomic E-state index is 0.0439. The van der Waals surface area contributed by atoms with Crippen LogP contribution in [0.4, 0.5) is 0 Å². The van der Waals surface area contributed by atoms with Gasteiger partial charge in [0.1, 0.15) is 12.4 Å². The fourth-order valence-corrected chi connectivity index (χ4v) is 1.66. The van der Waals surface area contributed by atoms with Gasteiger partial charge in [0.05, 0.1) is 25.9 Å². The van der Waals surface area contributed by atoms with Crippen molar-refractivity contribution in [2.24, 2.45) is 0 Å². The van der Waals surface area contributed by atoms with Gasteiger partial charge in [0.2, 0.25) is 0 Å². The molecule has 0 saturated carbocycles. The highest BCUT2D eigenvalue weighted by atomic mass is 16.5. The third kappa shape index (κ3) is 3.55. The number of carbonyl (C=O) groups is 1. The van der Waals surface area contributed by atoms with Crippen LogP contribution in [-0.4, -0.2) is 39.8 Å². The van der Waals surface area contributed by atoms with Crippen LogP contribution in [0.1, 0.15) is 21.5 Å². The zero-order valence-electron chi connectivity index (χ0n) is 11.4. The van der Waals surface area contributed by atoms with Crippen molar-refractivity contribution in [3.63, 3.8) is 0 Å². The molecule has 0 radical (unpaired) electrons. The Morgan fingerprint density at radius 2 is 1.89 bits per heavy atom. The van der Waals surface area contributed by atoms with Crippen LogP contribution in [0, 0.1) is 13.8 Å². The monoisotopic (exact) mass is 252 g/mol. The van der Waals surface area contributed by atoms with Gasteiger partial charge in [0.15, 0.2) is 5.78 Å². The van der Waals surface area contributed by atoms with Gasteiger partial charge in [-0.25, -0.2) is 0 Å². The molecule has 4 nitrogen and oxygen atoms in total. The number of benzene rings is 1. The molecular weight excluding hydrogens is 232 g/mol. The Labute approximate surface area is 108 Å². The standard InChI is InChI=1S/C14H20O4/c1-10-5-6-12(14(17-4)11(10)2)13(15)9-18-8-7-16-3/h5-6H,7-9H2,1-4H3. The van der Waals surface area contributed by atoms with Crippen LogP contribution in [0.25, 0.3) is 0 Å². The molecule has 0 saturated heterocycles. The lowest BCUT2D eigenvalue weighted by molar-refractivity contribution is 0.0575. The summed E-state index contributed by atoms with van der Waals surface area (Å²) in [5.41, 5.74) is 2.65. The molecule has 1 rings (SSSR count). The SMILES string of the molecule is COCCOCC(=O)c1ccc(C)c(C)c1OC. The van der Waals surface area contributed by atoms with Crippen molar-refractivity contribution in [1.29, 1.82) is 0 Å². The molecular formula is C14H20O4. The maximum Gasteiger partial charge on any atom is 0.192 e. The first-order valence-corrected chi connectivity index (χ1v) is 5.86. The Morgan fingerprint density at radius 3 is 2.50 bits per heavy atom. The van der Waals surface area contributed by atoms with Gasteiger partial charge in [0, 0.05) is 7.11 Å². The van der Waals surface area contributed by atoms with Gasteiger partial charge in [-0.1, -0.05) is 6.07 Å². The third-order valence-corrected chi connectivity index (χ3v) is 2.85. The highest BCUT2D eigenvalue weighted by molar-refractivity contribution is 6.00. The van der Waals surface area contributed by atoms with E-state index in [-0.39, 0.29) is 12.4 Å². The first-order valence-electron chi connectivity index (χ1n) is 5.86. The molecule has 100 valence electrons. The number of Topliss-reactive ketones (excluding diaryl/α,β-unsaturated/α-hetero) is 1. The second kappa shape index (κ2) is 7.13. The van der Waals surface area contributed by atoms with Gasteiger partial charge >= 0.3 is 0 Å². The molecule has 0 aromatic heterocycles. The van der Waals surface area contributed by atoms with Gasteiger partial charge in [-0.15, -0.1) is 0 Å². The van der Waals surface area contributed by atoms with Gasteiger partial charge in [-0.2, -0.15) is 0 Å². The molecule has 0 aliphatic rings. The van der Waals surface area contributed by atoms with E-state index in [1.54, 1.807) is 20.3 Å². The van der Waals surface area contributed by atoms with Crippen molar-refractivity contribution in [2.45, 2.75) is 13.8 Å². The summed E-state index contributed by atoms with van der Waals surface area (Å²) in [5.74, 6) is 0.557. The van der Waals surface area contributed by atoms with Crippen molar-refractivity contribution < 1.29 is 19.0 Å². The molecule has 4 heteroatoms. The molecule has 0 atom stereocenters. The molecule has 0 spiro atoms. The number of hydrogen-bond donors (Lipinski definition) is 0. The Morgan fingerprint density at radius 1 is 1.17 bits per heavy atom. The number of ketones is 1. The molecule has 1 aromatic carbocycles. The fourth-order valence-electron chi connectivity index (χ4n) is 1.66. The van der Waals surface area contributed by atoms with Gasteiger partial charge in [-0.3, -0.25) is 4.79 Å². The first kappa shape index (κ1) is 14.7. The molecule has 0 fully saturated rings. The summed E-state index contributed by atoms with van der Waals surface area (Å²) >= 11 is 0. The maximum absolute atomic E-state index is 12.0. The molecule has 0 N–H and O–H groups in total. The molecule has 0 amide bonds. The van der Waals surface area contributed by atoms with Crippen molar-refractivity contribution in [3.8, 4) is 5.75 Å². The number of hydrogen-bond acceptors (Lipinski definition) is 4. The van der Waals surface area contributed by atoms with Crippen molar-refractivity contribution >= 4 is 5.78 Å². The average molecular weight is 252 g/mol. The fraction of sp³-hybridized carbons (Fsp3) is 0.500. The van der Waals surface area contributed by atoms with E-state index in [0.717, 1.165) is 11.1 Å². The minimum Gasteiger partial charge on any atom is -0.496 e. The smallest absolute Gasteiger partial charge is 0.192 e. The summed E-state index contributed by atoms with van der Waals surface area (Å²) in [6, 6.07) is 3.70. The number of ether oxygens (including phenoxy) is 3. The van der Waals surface area contributed by atoms with Crippen molar-refractivity contribution in [2.75, 3.05) is 34.0 Å². The Hall–Kier alpha value is -1.39. The molecule has 18 heavy (non-hydrogen) atoms. The lowest BCUT2D eigenvalue weighted by Crippen LogP contribution is -2.13. The summed E-state index contributed by atoms with van der Waals surface area (Å²) < 4.78 is 15.4. The van der Waals surface area contributed by atoms with E-state index in [2.05, 4.69) is 0 Å². The maximum atomic E-state index is 12.0. The van der Waals surface area contributed by atoms with Crippen LogP contribution in [0.5, 0.6) is 5.75 Å². The van der Waals surface area contributed by atoms with E-state index < -0.39 is 0 Å². The highest BCUT2D eigenvalue weighted by Crippen LogP contribution is 2.26. The minimum atomic E-state index is -0.0777. The summed E-state index contributed by atoms with van der Waals surface area (Å²) in [4.78, 5) is 12.0. The number of methoxy groups -OCH3 is 2. The van der Waals surface area contributed by atoms with E-state index in [9.17, 15) is 4.79 Å². The topological polar surface area (TPSA) is 44.8 Å². The quantitative estimate of drug-likeness (QED) is 0.551. The second-order valence-corrected chi connectivity index (χ2v) is 4.06. The zero-order valence-corrected chi connectivity index (χ0v) is 11.4. The summed E-state index contributed by atoms with van der Waals surface area (Å²) in [6.45, 7) is 4.87. The van der Waals surface area contributed by atoms with Crippen LogP contribution in [0.15, 0.2) is 12.1 Å². The van der Waals surface area contributed by atoms with Gasteiger partial charge < -0.3 is 14.2 Å². The summed E-state index contributed by atoms with van der Waals surface area (Å²) in [7, 11) is 3.17. The van der Waals surface area contributed by atoms with Crippen LogP contribution < -0.4 is 4.74 Å². The van der Waals surface area contributed by atoms with E-state index in [0.29, 0.717) is 24.5 Å². The summed E-state index contributed by atoms with van der Waals surface area (Å²) in [5, 5.41) is 0. The van der Waals surface area contributed by atoms with Crippen LogP contribution in [0.2, 0.25) is 0 Å². The van der Waals surface area contributed by atoms with E-state index >= 15 is 0 Å². The van der Waals surface area contributed by atoms with Gasteiger partial charge in [0.25, 0.3) is 0 Å². The van der Waals surface area contributed by atoms with E-state index in [4.69, 9.17) is 14.2 Å². The molecule has 0 heterocycles. The predicted molar refractivity (Wildman–Crippen MR) is 69.5 cm³/mol. The van der Waals surface area contributed by atoms with Crippen molar-refractivity contribution in [1.82, 2.24) is 0 Å². The van der Waals surface area contributed by atoms with Crippen LogP contribution >= 0.6 is 0 Å². The Bertz CT molecular complexity index is 413. The molecule has 0 bridgehead atoms.